The summed E-state index contributed by atoms with van der Waals surface area (Å²) in [5, 5.41) is 3.34. The number of fused-ring (bicyclic) bond motifs is 1. The average molecular weight is 274 g/mol. The Kier molecular flexibility index (Phi) is 3.26. The van der Waals surface area contributed by atoms with Crippen LogP contribution < -0.4 is 5.32 Å². The maximum Gasteiger partial charge on any atom is 0.117 e. The third-order valence-electron chi connectivity index (χ3n) is 3.94. The number of ether oxygens (including phenoxy) is 1. The fourth-order valence-electron chi connectivity index (χ4n) is 3.00. The van der Waals surface area contributed by atoms with E-state index in [1.807, 2.05) is 25.5 Å². The zero-order valence-corrected chi connectivity index (χ0v) is 12.6. The van der Waals surface area contributed by atoms with Crippen molar-refractivity contribution in [2.75, 3.05) is 20.3 Å². The average Bonchev–Trinajstić information content (AvgIpc) is 3.01. The zero-order chi connectivity index (χ0) is 14.3. The number of nitrogens with one attached hydrogen (secondary N) is 1. The van der Waals surface area contributed by atoms with Crippen molar-refractivity contribution >= 4 is 11.0 Å². The Balaban J connectivity index is 2.19. The van der Waals surface area contributed by atoms with Crippen LogP contribution in [0.5, 0.6) is 0 Å². The summed E-state index contributed by atoms with van der Waals surface area (Å²) in [6, 6.07) is 2.36. The summed E-state index contributed by atoms with van der Waals surface area (Å²) in [4.78, 5) is 9.03. The van der Waals surface area contributed by atoms with Crippen LogP contribution in [0.3, 0.4) is 0 Å². The Hall–Kier alpha value is -1.46. The number of likely N-dealkylation sites (N-methyl/N-ethyl adjacent to an activating group) is 1. The predicted octanol–water partition coefficient (Wildman–Crippen LogP) is 1.89. The highest BCUT2D eigenvalue weighted by molar-refractivity contribution is 5.75. The lowest BCUT2D eigenvalue weighted by atomic mass is 10.0. The molecule has 1 aliphatic rings. The van der Waals surface area contributed by atoms with Gasteiger partial charge < -0.3 is 14.6 Å². The smallest absolute Gasteiger partial charge is 0.117 e. The van der Waals surface area contributed by atoms with Gasteiger partial charge in [-0.3, -0.25) is 4.98 Å². The predicted molar refractivity (Wildman–Crippen MR) is 78.9 cm³/mol. The van der Waals surface area contributed by atoms with Crippen LogP contribution in [-0.4, -0.2) is 40.8 Å². The number of rotatable bonds is 2. The fourth-order valence-corrected chi connectivity index (χ4v) is 3.00. The van der Waals surface area contributed by atoms with Gasteiger partial charge in [0.15, 0.2) is 0 Å². The molecule has 0 aliphatic carbocycles. The second kappa shape index (κ2) is 4.82. The molecule has 5 nitrogen and oxygen atoms in total. The minimum absolute atomic E-state index is 0.0215. The van der Waals surface area contributed by atoms with Gasteiger partial charge in [-0.2, -0.15) is 0 Å². The minimum atomic E-state index is -0.0215. The van der Waals surface area contributed by atoms with Gasteiger partial charge in [0.2, 0.25) is 0 Å². The van der Waals surface area contributed by atoms with E-state index >= 15 is 0 Å². The van der Waals surface area contributed by atoms with Crippen molar-refractivity contribution in [1.29, 1.82) is 0 Å². The van der Waals surface area contributed by atoms with Gasteiger partial charge in [-0.15, -0.1) is 0 Å². The standard InChI is InChI=1S/C15H22N4O/c1-15(2,3)19-13-5-6-17-7-11(13)18-14(19)10-8-20-9-12(10)16-4/h5-7,10,12,16H,8-9H2,1-4H3. The van der Waals surface area contributed by atoms with Gasteiger partial charge in [-0.05, 0) is 33.9 Å². The molecule has 2 atom stereocenters. The number of hydrogen-bond acceptors (Lipinski definition) is 4. The summed E-state index contributed by atoms with van der Waals surface area (Å²) in [6.45, 7) is 8.10. The monoisotopic (exact) mass is 274 g/mol. The molecule has 2 aromatic heterocycles. The lowest BCUT2D eigenvalue weighted by Gasteiger charge is -2.27. The number of pyridine rings is 1. The van der Waals surface area contributed by atoms with Gasteiger partial charge >= 0.3 is 0 Å². The molecule has 2 unspecified atom stereocenters. The number of nitrogens with zero attached hydrogens (tertiary/aromatic N) is 3. The molecule has 3 heterocycles. The summed E-state index contributed by atoms with van der Waals surface area (Å²) in [5.41, 5.74) is 2.08. The van der Waals surface area contributed by atoms with Crippen LogP contribution in [-0.2, 0) is 10.3 Å². The molecule has 0 amide bonds. The first kappa shape index (κ1) is 13.5. The second-order valence-electron chi connectivity index (χ2n) is 6.38. The van der Waals surface area contributed by atoms with Crippen molar-refractivity contribution in [3.05, 3.63) is 24.3 Å². The Labute approximate surface area is 119 Å². The Morgan fingerprint density at radius 2 is 2.15 bits per heavy atom. The molecule has 1 fully saturated rings. The summed E-state index contributed by atoms with van der Waals surface area (Å²) >= 11 is 0. The highest BCUT2D eigenvalue weighted by Gasteiger charge is 2.34. The van der Waals surface area contributed by atoms with Crippen LogP contribution in [0, 0.1) is 0 Å². The summed E-state index contributed by atoms with van der Waals surface area (Å²) in [6.07, 6.45) is 3.67. The normalized spacial score (nSPS) is 23.6. The van der Waals surface area contributed by atoms with Gasteiger partial charge in [-0.25, -0.2) is 4.98 Å². The third kappa shape index (κ3) is 2.11. The lowest BCUT2D eigenvalue weighted by molar-refractivity contribution is 0.187. The van der Waals surface area contributed by atoms with E-state index in [1.54, 1.807) is 0 Å². The molecule has 3 rings (SSSR count). The first-order valence-corrected chi connectivity index (χ1v) is 7.10. The van der Waals surface area contributed by atoms with Crippen molar-refractivity contribution in [3.8, 4) is 0 Å². The van der Waals surface area contributed by atoms with Crippen LogP contribution in [0.25, 0.3) is 11.0 Å². The Morgan fingerprint density at radius 1 is 1.35 bits per heavy atom. The number of imidazole rings is 1. The fraction of sp³-hybridized carbons (Fsp3) is 0.600. The van der Waals surface area contributed by atoms with Crippen LogP contribution in [0.2, 0.25) is 0 Å². The molecular formula is C15H22N4O. The highest BCUT2D eigenvalue weighted by atomic mass is 16.5. The van der Waals surface area contributed by atoms with E-state index in [0.717, 1.165) is 30.1 Å². The van der Waals surface area contributed by atoms with Gasteiger partial charge in [0, 0.05) is 17.8 Å². The molecular weight excluding hydrogens is 252 g/mol. The second-order valence-corrected chi connectivity index (χ2v) is 6.38. The Bertz CT molecular complexity index is 614. The van der Waals surface area contributed by atoms with Gasteiger partial charge in [0.05, 0.1) is 30.8 Å². The lowest BCUT2D eigenvalue weighted by Crippen LogP contribution is -2.35. The van der Waals surface area contributed by atoms with E-state index in [0.29, 0.717) is 6.04 Å². The molecule has 108 valence electrons. The van der Waals surface area contributed by atoms with Crippen LogP contribution in [0.1, 0.15) is 32.5 Å². The number of aromatic nitrogens is 3. The van der Waals surface area contributed by atoms with Gasteiger partial charge in [0.1, 0.15) is 11.3 Å². The largest absolute Gasteiger partial charge is 0.379 e. The molecule has 0 radical (unpaired) electrons. The van der Waals surface area contributed by atoms with E-state index in [4.69, 9.17) is 9.72 Å². The molecule has 0 saturated carbocycles. The van der Waals surface area contributed by atoms with Crippen molar-refractivity contribution in [2.24, 2.45) is 0 Å². The molecule has 0 aromatic carbocycles. The topological polar surface area (TPSA) is 52.0 Å². The van der Waals surface area contributed by atoms with E-state index in [-0.39, 0.29) is 11.5 Å². The highest BCUT2D eigenvalue weighted by Crippen LogP contribution is 2.32. The first-order valence-electron chi connectivity index (χ1n) is 7.10. The summed E-state index contributed by atoms with van der Waals surface area (Å²) < 4.78 is 7.97. The third-order valence-corrected chi connectivity index (χ3v) is 3.94. The maximum absolute atomic E-state index is 5.65. The number of hydrogen-bond donors (Lipinski definition) is 1. The SMILES string of the molecule is CNC1COCC1c1nc2cnccc2n1C(C)(C)C. The molecule has 1 aliphatic heterocycles. The van der Waals surface area contributed by atoms with Crippen molar-refractivity contribution in [2.45, 2.75) is 38.3 Å². The van der Waals surface area contributed by atoms with Crippen LogP contribution in [0.15, 0.2) is 18.5 Å². The van der Waals surface area contributed by atoms with E-state index < -0.39 is 0 Å². The molecule has 0 bridgehead atoms. The minimum Gasteiger partial charge on any atom is -0.379 e. The van der Waals surface area contributed by atoms with Crippen molar-refractivity contribution in [3.63, 3.8) is 0 Å². The van der Waals surface area contributed by atoms with Crippen molar-refractivity contribution in [1.82, 2.24) is 19.9 Å². The quantitative estimate of drug-likeness (QED) is 0.908. The molecule has 5 heteroatoms. The summed E-state index contributed by atoms with van der Waals surface area (Å²) in [7, 11) is 1.98. The van der Waals surface area contributed by atoms with Gasteiger partial charge in [-0.1, -0.05) is 0 Å². The van der Waals surface area contributed by atoms with Gasteiger partial charge in [0.25, 0.3) is 0 Å². The van der Waals surface area contributed by atoms with E-state index in [1.165, 1.54) is 0 Å². The first-order chi connectivity index (χ1) is 9.52. The molecule has 0 spiro atoms. The molecule has 20 heavy (non-hydrogen) atoms. The maximum atomic E-state index is 5.65. The summed E-state index contributed by atoms with van der Waals surface area (Å²) in [5.74, 6) is 1.38. The van der Waals surface area contributed by atoms with Crippen molar-refractivity contribution < 1.29 is 4.74 Å². The van der Waals surface area contributed by atoms with E-state index in [2.05, 4.69) is 35.6 Å². The zero-order valence-electron chi connectivity index (χ0n) is 12.6. The van der Waals surface area contributed by atoms with Crippen LogP contribution in [0.4, 0.5) is 0 Å². The molecule has 1 saturated heterocycles. The Morgan fingerprint density at radius 3 is 2.85 bits per heavy atom. The van der Waals surface area contributed by atoms with E-state index in [9.17, 15) is 0 Å². The molecule has 1 N–H and O–H groups in total. The van der Waals surface area contributed by atoms with Crippen LogP contribution >= 0.6 is 0 Å². The molecule has 2 aromatic rings.